The number of anilines is 1. The minimum absolute atomic E-state index is 0.239. The SMILES string of the molecule is Cc1ccc(C)c(C(C)Nc2ccc(O)cc2C)c1. The fourth-order valence-corrected chi connectivity index (χ4v) is 2.35. The maximum Gasteiger partial charge on any atom is 0.115 e. The summed E-state index contributed by atoms with van der Waals surface area (Å²) in [6.07, 6.45) is 0. The minimum Gasteiger partial charge on any atom is -0.508 e. The van der Waals surface area contributed by atoms with Crippen molar-refractivity contribution < 1.29 is 5.11 Å². The highest BCUT2D eigenvalue weighted by atomic mass is 16.3. The number of aryl methyl sites for hydroxylation is 3. The maximum absolute atomic E-state index is 9.44. The van der Waals surface area contributed by atoms with Crippen molar-refractivity contribution in [2.24, 2.45) is 0 Å². The van der Waals surface area contributed by atoms with E-state index in [1.165, 1.54) is 16.7 Å². The average Bonchev–Trinajstić information content (AvgIpc) is 2.35. The van der Waals surface area contributed by atoms with Crippen LogP contribution in [0.2, 0.25) is 0 Å². The first-order valence-corrected chi connectivity index (χ1v) is 6.60. The molecule has 2 N–H and O–H groups in total. The van der Waals surface area contributed by atoms with Crippen LogP contribution in [0.25, 0.3) is 0 Å². The van der Waals surface area contributed by atoms with Gasteiger partial charge in [-0.3, -0.25) is 0 Å². The van der Waals surface area contributed by atoms with E-state index in [0.29, 0.717) is 5.75 Å². The molecule has 0 aromatic heterocycles. The summed E-state index contributed by atoms with van der Waals surface area (Å²) in [7, 11) is 0. The summed E-state index contributed by atoms with van der Waals surface area (Å²) in [6.45, 7) is 8.41. The van der Waals surface area contributed by atoms with Crippen molar-refractivity contribution in [2.75, 3.05) is 5.32 Å². The van der Waals surface area contributed by atoms with Crippen LogP contribution in [0.15, 0.2) is 36.4 Å². The predicted molar refractivity (Wildman–Crippen MR) is 80.8 cm³/mol. The predicted octanol–water partition coefficient (Wildman–Crippen LogP) is 4.49. The van der Waals surface area contributed by atoms with Gasteiger partial charge >= 0.3 is 0 Å². The number of hydrogen-bond acceptors (Lipinski definition) is 2. The summed E-state index contributed by atoms with van der Waals surface area (Å²) in [4.78, 5) is 0. The second-order valence-electron chi connectivity index (χ2n) is 5.23. The Labute approximate surface area is 115 Å². The molecule has 0 aliphatic carbocycles. The van der Waals surface area contributed by atoms with Gasteiger partial charge in [0.05, 0.1) is 0 Å². The van der Waals surface area contributed by atoms with Crippen LogP contribution in [0.4, 0.5) is 5.69 Å². The third-order valence-corrected chi connectivity index (χ3v) is 3.48. The Kier molecular flexibility index (Phi) is 3.79. The number of phenols is 1. The van der Waals surface area contributed by atoms with Crippen LogP contribution in [-0.4, -0.2) is 5.11 Å². The number of nitrogens with one attached hydrogen (secondary N) is 1. The van der Waals surface area contributed by atoms with Crippen LogP contribution < -0.4 is 5.32 Å². The van der Waals surface area contributed by atoms with Gasteiger partial charge in [0.15, 0.2) is 0 Å². The summed E-state index contributed by atoms with van der Waals surface area (Å²) < 4.78 is 0. The van der Waals surface area contributed by atoms with Gasteiger partial charge in [-0.1, -0.05) is 23.8 Å². The highest BCUT2D eigenvalue weighted by Gasteiger charge is 2.10. The Bertz CT molecular complexity index is 590. The van der Waals surface area contributed by atoms with Gasteiger partial charge < -0.3 is 10.4 Å². The summed E-state index contributed by atoms with van der Waals surface area (Å²) in [5.74, 6) is 0.308. The molecule has 0 saturated carbocycles. The molecule has 100 valence electrons. The normalized spacial score (nSPS) is 12.2. The van der Waals surface area contributed by atoms with Crippen LogP contribution in [0.1, 0.15) is 35.2 Å². The first-order chi connectivity index (χ1) is 8.97. The van der Waals surface area contributed by atoms with E-state index in [1.807, 2.05) is 13.0 Å². The van der Waals surface area contributed by atoms with Gasteiger partial charge in [0.1, 0.15) is 5.75 Å². The number of phenolic OH excluding ortho intramolecular Hbond substituents is 1. The average molecular weight is 255 g/mol. The third-order valence-electron chi connectivity index (χ3n) is 3.48. The molecular weight excluding hydrogens is 234 g/mol. The molecule has 0 fully saturated rings. The minimum atomic E-state index is 0.239. The summed E-state index contributed by atoms with van der Waals surface area (Å²) in [5.41, 5.74) is 5.99. The smallest absolute Gasteiger partial charge is 0.115 e. The number of aromatic hydroxyl groups is 1. The van der Waals surface area contributed by atoms with Crippen molar-refractivity contribution in [1.29, 1.82) is 0 Å². The lowest BCUT2D eigenvalue weighted by Gasteiger charge is -2.20. The zero-order valence-corrected chi connectivity index (χ0v) is 12.0. The van der Waals surface area contributed by atoms with Crippen LogP contribution >= 0.6 is 0 Å². The fraction of sp³-hybridized carbons (Fsp3) is 0.294. The molecule has 0 aliphatic rings. The molecule has 0 heterocycles. The molecule has 19 heavy (non-hydrogen) atoms. The van der Waals surface area contributed by atoms with Gasteiger partial charge in [0.25, 0.3) is 0 Å². The Hall–Kier alpha value is -1.96. The molecular formula is C17H21NO. The molecule has 0 spiro atoms. The summed E-state index contributed by atoms with van der Waals surface area (Å²) in [5, 5.41) is 13.0. The Balaban J connectivity index is 2.25. The Morgan fingerprint density at radius 1 is 0.947 bits per heavy atom. The van der Waals surface area contributed by atoms with Crippen LogP contribution in [0.3, 0.4) is 0 Å². The van der Waals surface area contributed by atoms with E-state index in [2.05, 4.69) is 44.3 Å². The van der Waals surface area contributed by atoms with Gasteiger partial charge in [0.2, 0.25) is 0 Å². The molecule has 2 aromatic carbocycles. The van der Waals surface area contributed by atoms with Crippen molar-refractivity contribution in [3.8, 4) is 5.75 Å². The topological polar surface area (TPSA) is 32.3 Å². The molecule has 1 unspecified atom stereocenters. The standard InChI is InChI=1S/C17H21NO/c1-11-5-6-12(2)16(9-11)14(4)18-17-8-7-15(19)10-13(17)3/h5-10,14,18-19H,1-4H3. The molecule has 2 heteroatoms. The Morgan fingerprint density at radius 3 is 2.37 bits per heavy atom. The lowest BCUT2D eigenvalue weighted by atomic mass is 9.99. The van der Waals surface area contributed by atoms with Gasteiger partial charge in [-0.2, -0.15) is 0 Å². The maximum atomic E-state index is 9.44. The summed E-state index contributed by atoms with van der Waals surface area (Å²) >= 11 is 0. The van der Waals surface area contributed by atoms with E-state index in [9.17, 15) is 5.11 Å². The number of hydrogen-bond donors (Lipinski definition) is 2. The molecule has 0 radical (unpaired) electrons. The van der Waals surface area contributed by atoms with E-state index in [-0.39, 0.29) is 6.04 Å². The van der Waals surface area contributed by atoms with E-state index in [0.717, 1.165) is 11.3 Å². The highest BCUT2D eigenvalue weighted by Crippen LogP contribution is 2.26. The molecule has 0 bridgehead atoms. The van der Waals surface area contributed by atoms with Gasteiger partial charge in [-0.15, -0.1) is 0 Å². The zero-order chi connectivity index (χ0) is 14.0. The van der Waals surface area contributed by atoms with Crippen molar-refractivity contribution >= 4 is 5.69 Å². The first-order valence-electron chi connectivity index (χ1n) is 6.60. The molecule has 1 atom stereocenters. The zero-order valence-electron chi connectivity index (χ0n) is 12.0. The van der Waals surface area contributed by atoms with Crippen LogP contribution in [0, 0.1) is 20.8 Å². The van der Waals surface area contributed by atoms with Crippen molar-refractivity contribution in [3.63, 3.8) is 0 Å². The van der Waals surface area contributed by atoms with Crippen molar-refractivity contribution in [1.82, 2.24) is 0 Å². The highest BCUT2D eigenvalue weighted by molar-refractivity contribution is 5.55. The third kappa shape index (κ3) is 3.08. The fourth-order valence-electron chi connectivity index (χ4n) is 2.35. The lowest BCUT2D eigenvalue weighted by molar-refractivity contribution is 0.475. The monoisotopic (exact) mass is 255 g/mol. The molecule has 0 amide bonds. The molecule has 2 rings (SSSR count). The Morgan fingerprint density at radius 2 is 1.68 bits per heavy atom. The van der Waals surface area contributed by atoms with Crippen LogP contribution in [-0.2, 0) is 0 Å². The van der Waals surface area contributed by atoms with Crippen molar-refractivity contribution in [2.45, 2.75) is 33.7 Å². The first kappa shape index (κ1) is 13.5. The quantitative estimate of drug-likeness (QED) is 0.792. The van der Waals surface area contributed by atoms with Crippen LogP contribution in [0.5, 0.6) is 5.75 Å². The molecule has 0 saturated heterocycles. The van der Waals surface area contributed by atoms with E-state index >= 15 is 0 Å². The molecule has 2 nitrogen and oxygen atoms in total. The summed E-state index contributed by atoms with van der Waals surface area (Å²) in [6, 6.07) is 12.2. The van der Waals surface area contributed by atoms with Gasteiger partial charge in [-0.25, -0.2) is 0 Å². The number of benzene rings is 2. The van der Waals surface area contributed by atoms with Gasteiger partial charge in [-0.05, 0) is 62.6 Å². The van der Waals surface area contributed by atoms with E-state index < -0.39 is 0 Å². The second-order valence-corrected chi connectivity index (χ2v) is 5.23. The van der Waals surface area contributed by atoms with E-state index in [4.69, 9.17) is 0 Å². The largest absolute Gasteiger partial charge is 0.508 e. The van der Waals surface area contributed by atoms with Crippen molar-refractivity contribution in [3.05, 3.63) is 58.7 Å². The van der Waals surface area contributed by atoms with E-state index in [1.54, 1.807) is 12.1 Å². The number of rotatable bonds is 3. The lowest BCUT2D eigenvalue weighted by Crippen LogP contribution is -2.09. The second kappa shape index (κ2) is 5.35. The molecule has 2 aromatic rings. The molecule has 0 aliphatic heterocycles. The van der Waals surface area contributed by atoms with Gasteiger partial charge in [0, 0.05) is 11.7 Å².